The van der Waals surface area contributed by atoms with Crippen LogP contribution in [0.1, 0.15) is 42.5 Å². The van der Waals surface area contributed by atoms with Crippen LogP contribution >= 0.6 is 0 Å². The monoisotopic (exact) mass is 502 g/mol. The lowest BCUT2D eigenvalue weighted by Gasteiger charge is -2.26. The fourth-order valence-corrected chi connectivity index (χ4v) is 4.35. The lowest BCUT2D eigenvalue weighted by Crippen LogP contribution is -2.29. The van der Waals surface area contributed by atoms with Crippen LogP contribution in [-0.4, -0.2) is 35.9 Å². The Kier molecular flexibility index (Phi) is 6.97. The van der Waals surface area contributed by atoms with Crippen LogP contribution < -0.4 is 14.4 Å². The van der Waals surface area contributed by atoms with Crippen LogP contribution in [0.5, 0.6) is 11.5 Å². The molecule has 1 atom stereocenters. The third-order valence-corrected chi connectivity index (χ3v) is 6.36. The fourth-order valence-electron chi connectivity index (χ4n) is 4.35. The van der Waals surface area contributed by atoms with Gasteiger partial charge in [0.1, 0.15) is 5.76 Å². The van der Waals surface area contributed by atoms with Gasteiger partial charge in [0.2, 0.25) is 0 Å². The molecule has 0 spiro atoms. The molecule has 1 heterocycles. The topological polar surface area (TPSA) is 119 Å². The Bertz CT molecular complexity index is 1390. The molecule has 4 rings (SSSR count). The number of non-ortho nitro benzene ring substituents is 1. The second-order valence-electron chi connectivity index (χ2n) is 8.83. The Morgan fingerprint density at radius 3 is 2.11 bits per heavy atom. The number of nitro groups is 1. The maximum Gasteiger partial charge on any atom is 0.300 e. The number of carbonyl (C=O) groups is 2. The van der Waals surface area contributed by atoms with Crippen molar-refractivity contribution in [3.05, 3.63) is 99.1 Å². The van der Waals surface area contributed by atoms with Crippen molar-refractivity contribution in [3.63, 3.8) is 0 Å². The molecule has 1 N–H and O–H groups in total. The number of aliphatic hydroxyl groups excluding tert-OH is 1. The van der Waals surface area contributed by atoms with Crippen LogP contribution in [0.2, 0.25) is 0 Å². The Morgan fingerprint density at radius 1 is 0.946 bits per heavy atom. The predicted molar refractivity (Wildman–Crippen MR) is 138 cm³/mol. The summed E-state index contributed by atoms with van der Waals surface area (Å²) in [5.74, 6) is -0.998. The molecule has 0 aromatic heterocycles. The summed E-state index contributed by atoms with van der Waals surface area (Å²) >= 11 is 0. The maximum atomic E-state index is 13.4. The molecule has 0 aliphatic carbocycles. The zero-order chi connectivity index (χ0) is 26.9. The number of ether oxygens (including phenoxy) is 2. The van der Waals surface area contributed by atoms with E-state index in [1.807, 2.05) is 12.1 Å². The number of nitrogens with zero attached hydrogens (tertiary/aromatic N) is 2. The summed E-state index contributed by atoms with van der Waals surface area (Å²) in [5, 5.41) is 22.3. The second kappa shape index (κ2) is 10.1. The van der Waals surface area contributed by atoms with Gasteiger partial charge in [-0.15, -0.1) is 0 Å². The van der Waals surface area contributed by atoms with Gasteiger partial charge in [0.15, 0.2) is 11.5 Å². The van der Waals surface area contributed by atoms with Gasteiger partial charge in [0.25, 0.3) is 17.4 Å². The van der Waals surface area contributed by atoms with Crippen molar-refractivity contribution in [2.45, 2.75) is 25.8 Å². The van der Waals surface area contributed by atoms with E-state index in [1.165, 1.54) is 43.4 Å². The normalized spacial score (nSPS) is 16.8. The van der Waals surface area contributed by atoms with Gasteiger partial charge in [-0.05, 0) is 53.4 Å². The highest BCUT2D eigenvalue weighted by atomic mass is 16.6. The van der Waals surface area contributed by atoms with E-state index in [-0.39, 0.29) is 22.7 Å². The van der Waals surface area contributed by atoms with E-state index >= 15 is 0 Å². The van der Waals surface area contributed by atoms with Crippen LogP contribution in [0.25, 0.3) is 5.76 Å². The number of rotatable bonds is 7. The standard InChI is InChI=1S/C28H26N2O7/c1-16(2)17-5-10-20(11-6-17)29-25(19-9-14-22(36-3)23(15-19)37-4)24(27(32)28(29)33)26(31)18-7-12-21(13-8-18)30(34)35/h5-16,25,31H,1-4H3/b26-24-. The average molecular weight is 503 g/mol. The number of ketones is 1. The first-order valence-corrected chi connectivity index (χ1v) is 11.6. The largest absolute Gasteiger partial charge is 0.507 e. The van der Waals surface area contributed by atoms with E-state index in [1.54, 1.807) is 30.3 Å². The minimum Gasteiger partial charge on any atom is -0.507 e. The summed E-state index contributed by atoms with van der Waals surface area (Å²) in [7, 11) is 2.97. The van der Waals surface area contributed by atoms with Crippen LogP contribution in [0.3, 0.4) is 0 Å². The zero-order valence-electron chi connectivity index (χ0n) is 20.8. The summed E-state index contributed by atoms with van der Waals surface area (Å²) < 4.78 is 10.8. The molecule has 9 heteroatoms. The molecule has 0 saturated carbocycles. The van der Waals surface area contributed by atoms with Crippen LogP contribution in [0, 0.1) is 10.1 Å². The first-order valence-electron chi connectivity index (χ1n) is 11.6. The maximum absolute atomic E-state index is 13.4. The number of benzene rings is 3. The summed E-state index contributed by atoms with van der Waals surface area (Å²) in [4.78, 5) is 38.5. The molecule has 0 bridgehead atoms. The van der Waals surface area contributed by atoms with Crippen molar-refractivity contribution in [2.75, 3.05) is 19.1 Å². The van der Waals surface area contributed by atoms with Gasteiger partial charge in [-0.1, -0.05) is 32.0 Å². The van der Waals surface area contributed by atoms with Crippen molar-refractivity contribution >= 4 is 28.8 Å². The van der Waals surface area contributed by atoms with Gasteiger partial charge in [0, 0.05) is 23.4 Å². The molecule has 1 amide bonds. The molecule has 37 heavy (non-hydrogen) atoms. The van der Waals surface area contributed by atoms with Gasteiger partial charge < -0.3 is 14.6 Å². The van der Waals surface area contributed by atoms with Gasteiger partial charge in [-0.25, -0.2) is 0 Å². The highest BCUT2D eigenvalue weighted by molar-refractivity contribution is 6.51. The third kappa shape index (κ3) is 4.63. The Morgan fingerprint density at radius 2 is 1.57 bits per heavy atom. The summed E-state index contributed by atoms with van der Waals surface area (Å²) in [6.07, 6.45) is 0. The Balaban J connectivity index is 1.92. The second-order valence-corrected chi connectivity index (χ2v) is 8.83. The van der Waals surface area contributed by atoms with Gasteiger partial charge in [-0.3, -0.25) is 24.6 Å². The number of carbonyl (C=O) groups excluding carboxylic acids is 2. The molecule has 1 fully saturated rings. The molecule has 1 aliphatic rings. The van der Waals surface area contributed by atoms with Crippen molar-refractivity contribution < 1.29 is 29.1 Å². The molecule has 1 saturated heterocycles. The number of hydrogen-bond acceptors (Lipinski definition) is 7. The molecular weight excluding hydrogens is 476 g/mol. The fraction of sp³-hybridized carbons (Fsp3) is 0.214. The quantitative estimate of drug-likeness (QED) is 0.152. The lowest BCUT2D eigenvalue weighted by atomic mass is 9.94. The van der Waals surface area contributed by atoms with Crippen molar-refractivity contribution in [3.8, 4) is 11.5 Å². The molecule has 9 nitrogen and oxygen atoms in total. The molecular formula is C28H26N2O7. The van der Waals surface area contributed by atoms with Gasteiger partial charge in [0.05, 0.1) is 30.8 Å². The molecule has 190 valence electrons. The van der Waals surface area contributed by atoms with E-state index in [0.717, 1.165) is 5.56 Å². The van der Waals surface area contributed by atoms with Crippen LogP contribution in [0.15, 0.2) is 72.3 Å². The van der Waals surface area contributed by atoms with E-state index in [0.29, 0.717) is 22.7 Å². The number of methoxy groups -OCH3 is 2. The molecule has 1 unspecified atom stereocenters. The zero-order valence-corrected chi connectivity index (χ0v) is 20.8. The summed E-state index contributed by atoms with van der Waals surface area (Å²) in [5.41, 5.74) is 1.91. The smallest absolute Gasteiger partial charge is 0.300 e. The molecule has 3 aromatic rings. The number of hydrogen-bond donors (Lipinski definition) is 1. The number of anilines is 1. The van der Waals surface area contributed by atoms with Crippen LogP contribution in [0.4, 0.5) is 11.4 Å². The van der Waals surface area contributed by atoms with Crippen molar-refractivity contribution in [1.82, 2.24) is 0 Å². The van der Waals surface area contributed by atoms with E-state index in [9.17, 15) is 24.8 Å². The van der Waals surface area contributed by atoms with Crippen molar-refractivity contribution in [2.24, 2.45) is 0 Å². The first kappa shape index (κ1) is 25.4. The third-order valence-electron chi connectivity index (χ3n) is 6.36. The van der Waals surface area contributed by atoms with Crippen LogP contribution in [-0.2, 0) is 9.59 Å². The number of nitro benzene ring substituents is 1. The van der Waals surface area contributed by atoms with Crippen molar-refractivity contribution in [1.29, 1.82) is 0 Å². The van der Waals surface area contributed by atoms with Gasteiger partial charge >= 0.3 is 0 Å². The summed E-state index contributed by atoms with van der Waals surface area (Å²) in [6, 6.07) is 16.4. The molecule has 3 aromatic carbocycles. The first-order chi connectivity index (χ1) is 17.7. The number of aliphatic hydroxyl groups is 1. The number of amides is 1. The minimum atomic E-state index is -0.986. The average Bonchev–Trinajstić information content (AvgIpc) is 3.17. The molecule has 1 aliphatic heterocycles. The lowest BCUT2D eigenvalue weighted by molar-refractivity contribution is -0.384. The minimum absolute atomic E-state index is 0.140. The highest BCUT2D eigenvalue weighted by Crippen LogP contribution is 2.44. The Hall–Kier alpha value is -4.66. The predicted octanol–water partition coefficient (Wildman–Crippen LogP) is 5.36. The highest BCUT2D eigenvalue weighted by Gasteiger charge is 2.47. The SMILES string of the molecule is COc1ccc(C2/C(=C(/O)c3ccc([N+](=O)[O-])cc3)C(=O)C(=O)N2c2ccc(C(C)C)cc2)cc1OC. The molecule has 0 radical (unpaired) electrons. The Labute approximate surface area is 213 Å². The van der Waals surface area contributed by atoms with E-state index < -0.39 is 28.4 Å². The van der Waals surface area contributed by atoms with E-state index in [4.69, 9.17) is 9.47 Å². The van der Waals surface area contributed by atoms with E-state index in [2.05, 4.69) is 13.8 Å². The summed E-state index contributed by atoms with van der Waals surface area (Å²) in [6.45, 7) is 4.10. The van der Waals surface area contributed by atoms with Gasteiger partial charge in [-0.2, -0.15) is 0 Å². The number of Topliss-reactive ketones (excluding diaryl/α,β-unsaturated/α-hetero) is 1.